The highest BCUT2D eigenvalue weighted by Crippen LogP contribution is 2.15. The number of carbonyl (C=O) groups is 3. The highest BCUT2D eigenvalue weighted by molar-refractivity contribution is 5.80. The monoisotopic (exact) mass is 916 g/mol. The molecule has 0 aromatic carbocycles. The lowest BCUT2D eigenvalue weighted by atomic mass is 10.1. The van der Waals surface area contributed by atoms with Crippen molar-refractivity contribution >= 4 is 18.1 Å². The van der Waals surface area contributed by atoms with Gasteiger partial charge in [0.2, 0.25) is 11.8 Å². The number of nitrogens with zero attached hydrogens (tertiary/aromatic N) is 5. The van der Waals surface area contributed by atoms with Crippen LogP contribution in [0.3, 0.4) is 0 Å². The maximum absolute atomic E-state index is 14.0. The zero-order valence-electron chi connectivity index (χ0n) is 44.4. The second-order valence-electron chi connectivity index (χ2n) is 20.4. The molecular formula is C57H113N5O3. The average molecular weight is 917 g/mol. The van der Waals surface area contributed by atoms with E-state index in [0.717, 1.165) is 64.7 Å². The third-order valence-corrected chi connectivity index (χ3v) is 14.3. The Labute approximate surface area is 405 Å². The number of amides is 2. The van der Waals surface area contributed by atoms with Crippen molar-refractivity contribution < 1.29 is 14.4 Å². The molecule has 8 nitrogen and oxygen atoms in total. The molecule has 0 aromatic rings. The summed E-state index contributed by atoms with van der Waals surface area (Å²) in [6.45, 7) is 20.0. The van der Waals surface area contributed by atoms with Gasteiger partial charge in [0.05, 0.1) is 13.1 Å². The summed E-state index contributed by atoms with van der Waals surface area (Å²) >= 11 is 0. The fourth-order valence-electron chi connectivity index (χ4n) is 9.74. The molecule has 2 amide bonds. The molecule has 0 bridgehead atoms. The first-order valence-corrected chi connectivity index (χ1v) is 29.1. The first-order chi connectivity index (χ1) is 32.0. The van der Waals surface area contributed by atoms with E-state index in [1.165, 1.54) is 219 Å². The van der Waals surface area contributed by atoms with Gasteiger partial charge in [0.25, 0.3) is 0 Å². The molecule has 0 aliphatic carbocycles. The van der Waals surface area contributed by atoms with Crippen molar-refractivity contribution in [1.29, 1.82) is 0 Å². The molecule has 1 rings (SSSR count). The lowest BCUT2D eigenvalue weighted by Gasteiger charge is -2.37. The zero-order valence-corrected chi connectivity index (χ0v) is 44.4. The zero-order chi connectivity index (χ0) is 47.1. The summed E-state index contributed by atoms with van der Waals surface area (Å²) in [6.07, 6.45) is 48.6. The Balaban J connectivity index is 2.72. The van der Waals surface area contributed by atoms with E-state index in [1.54, 1.807) is 0 Å². The Morgan fingerprint density at radius 2 is 0.554 bits per heavy atom. The molecule has 0 atom stereocenters. The maximum Gasteiger partial charge on any atom is 0.236 e. The van der Waals surface area contributed by atoms with E-state index in [2.05, 4.69) is 42.4 Å². The van der Waals surface area contributed by atoms with Crippen LogP contribution in [0, 0.1) is 0 Å². The summed E-state index contributed by atoms with van der Waals surface area (Å²) in [5, 5.41) is 0. The van der Waals surface area contributed by atoms with E-state index >= 15 is 0 Å². The van der Waals surface area contributed by atoms with E-state index in [9.17, 15) is 14.4 Å². The minimum absolute atomic E-state index is 0.214. The molecule has 384 valence electrons. The van der Waals surface area contributed by atoms with Gasteiger partial charge in [-0.3, -0.25) is 19.4 Å². The Kier molecular flexibility index (Phi) is 45.0. The molecule has 1 heterocycles. The van der Waals surface area contributed by atoms with Crippen molar-refractivity contribution in [3.05, 3.63) is 0 Å². The van der Waals surface area contributed by atoms with Crippen LogP contribution in [0.2, 0.25) is 0 Å². The number of piperazine rings is 1. The molecular weight excluding hydrogens is 803 g/mol. The normalized spacial score (nSPS) is 13.3. The van der Waals surface area contributed by atoms with E-state index in [0.29, 0.717) is 45.7 Å². The molecule has 0 spiro atoms. The number of rotatable bonds is 50. The molecule has 0 unspecified atom stereocenters. The highest BCUT2D eigenvalue weighted by Gasteiger charge is 2.26. The van der Waals surface area contributed by atoms with Gasteiger partial charge in [-0.2, -0.15) is 0 Å². The minimum Gasteiger partial charge on any atom is -0.338 e. The molecule has 0 N–H and O–H groups in total. The van der Waals surface area contributed by atoms with Crippen LogP contribution in [0.5, 0.6) is 0 Å². The summed E-state index contributed by atoms with van der Waals surface area (Å²) in [5.74, 6) is 0.459. The Morgan fingerprint density at radius 3 is 0.846 bits per heavy atom. The summed E-state index contributed by atoms with van der Waals surface area (Å²) in [4.78, 5) is 50.2. The third-order valence-electron chi connectivity index (χ3n) is 14.3. The average Bonchev–Trinajstić information content (AvgIpc) is 3.31. The predicted octanol–water partition coefficient (Wildman–Crippen LogP) is 14.3. The topological polar surface area (TPSA) is 67.4 Å². The van der Waals surface area contributed by atoms with E-state index < -0.39 is 0 Å². The molecule has 0 saturated carbocycles. The lowest BCUT2D eigenvalue weighted by molar-refractivity contribution is -0.140. The lowest BCUT2D eigenvalue weighted by Crippen LogP contribution is -2.54. The van der Waals surface area contributed by atoms with Gasteiger partial charge in [-0.1, -0.05) is 220 Å². The van der Waals surface area contributed by atoms with Gasteiger partial charge in [-0.15, -0.1) is 0 Å². The van der Waals surface area contributed by atoms with Gasteiger partial charge in [0.15, 0.2) is 0 Å². The molecule has 1 fully saturated rings. The standard InChI is InChI=1S/C57H113N5O3/c1-5-9-13-17-21-22-23-24-25-29-33-38-44-59(45-40-34-35-41-53-63)54-56(64)61-49-51-62(52-50-61)57(65)55-60(46-39-32-28-20-16-12-8-4)48-47-58(42-36-30-26-18-14-10-6-2)43-37-31-27-19-15-11-7-3/h53H,5-52,54-55H2,1-4H3. The summed E-state index contributed by atoms with van der Waals surface area (Å²) < 4.78 is 0. The summed E-state index contributed by atoms with van der Waals surface area (Å²) in [6, 6.07) is 0. The number of unbranched alkanes of at least 4 members (excludes halogenated alkanes) is 32. The molecule has 1 aliphatic heterocycles. The van der Waals surface area contributed by atoms with Gasteiger partial charge in [0, 0.05) is 45.7 Å². The number of aldehydes is 1. The first kappa shape index (κ1) is 61.5. The van der Waals surface area contributed by atoms with Crippen LogP contribution in [0.1, 0.15) is 265 Å². The van der Waals surface area contributed by atoms with Crippen LogP contribution in [0.4, 0.5) is 0 Å². The Morgan fingerprint density at radius 1 is 0.323 bits per heavy atom. The molecule has 65 heavy (non-hydrogen) atoms. The quantitative estimate of drug-likeness (QED) is 0.0447. The number of hydrogen-bond donors (Lipinski definition) is 0. The van der Waals surface area contributed by atoms with Crippen LogP contribution >= 0.6 is 0 Å². The first-order valence-electron chi connectivity index (χ1n) is 29.1. The Hall–Kier alpha value is -1.51. The van der Waals surface area contributed by atoms with Crippen molar-refractivity contribution in [3.8, 4) is 0 Å². The largest absolute Gasteiger partial charge is 0.338 e. The predicted molar refractivity (Wildman–Crippen MR) is 282 cm³/mol. The van der Waals surface area contributed by atoms with Crippen molar-refractivity contribution in [3.63, 3.8) is 0 Å². The van der Waals surface area contributed by atoms with Crippen molar-refractivity contribution in [2.24, 2.45) is 0 Å². The molecule has 1 aliphatic rings. The Bertz CT molecular complexity index is 1020. The SMILES string of the molecule is CCCCCCCCCCCCCCN(CCCCCC=O)CC(=O)N1CCN(C(=O)CN(CCCCCCCCC)CCN(CCCCCCCCC)CCCCCCCCC)CC1. The van der Waals surface area contributed by atoms with Crippen LogP contribution in [-0.2, 0) is 14.4 Å². The smallest absolute Gasteiger partial charge is 0.236 e. The van der Waals surface area contributed by atoms with Gasteiger partial charge in [-0.25, -0.2) is 0 Å². The maximum atomic E-state index is 14.0. The van der Waals surface area contributed by atoms with Crippen LogP contribution < -0.4 is 0 Å². The summed E-state index contributed by atoms with van der Waals surface area (Å²) in [7, 11) is 0. The molecule has 1 saturated heterocycles. The number of carbonyl (C=O) groups excluding carboxylic acids is 3. The molecule has 0 aromatic heterocycles. The van der Waals surface area contributed by atoms with Crippen molar-refractivity contribution in [2.45, 2.75) is 265 Å². The van der Waals surface area contributed by atoms with Gasteiger partial charge < -0.3 is 19.5 Å². The van der Waals surface area contributed by atoms with Crippen LogP contribution in [-0.4, -0.2) is 128 Å². The summed E-state index contributed by atoms with van der Waals surface area (Å²) in [5.41, 5.74) is 0. The fourth-order valence-corrected chi connectivity index (χ4v) is 9.74. The van der Waals surface area contributed by atoms with Crippen molar-refractivity contribution in [1.82, 2.24) is 24.5 Å². The van der Waals surface area contributed by atoms with E-state index in [4.69, 9.17) is 0 Å². The van der Waals surface area contributed by atoms with Crippen LogP contribution in [0.15, 0.2) is 0 Å². The van der Waals surface area contributed by atoms with E-state index in [1.807, 2.05) is 9.80 Å². The second-order valence-corrected chi connectivity index (χ2v) is 20.4. The third kappa shape index (κ3) is 38.1. The number of hydrogen-bond acceptors (Lipinski definition) is 6. The second kappa shape index (κ2) is 47.6. The van der Waals surface area contributed by atoms with Gasteiger partial charge in [-0.05, 0) is 71.2 Å². The van der Waals surface area contributed by atoms with Gasteiger partial charge in [0.1, 0.15) is 6.29 Å². The molecule has 0 radical (unpaired) electrons. The van der Waals surface area contributed by atoms with E-state index in [-0.39, 0.29) is 11.8 Å². The van der Waals surface area contributed by atoms with Crippen LogP contribution in [0.25, 0.3) is 0 Å². The molecule has 8 heteroatoms. The minimum atomic E-state index is 0.214. The fraction of sp³-hybridized carbons (Fsp3) is 0.947. The highest BCUT2D eigenvalue weighted by atomic mass is 16.2. The van der Waals surface area contributed by atoms with Crippen molar-refractivity contribution in [2.75, 3.05) is 85.1 Å². The van der Waals surface area contributed by atoms with Gasteiger partial charge >= 0.3 is 0 Å².